The van der Waals surface area contributed by atoms with Crippen LogP contribution in [-0.4, -0.2) is 32.9 Å². The molecule has 0 spiro atoms. The van der Waals surface area contributed by atoms with E-state index in [-0.39, 0.29) is 12.5 Å². The normalized spacial score (nSPS) is 10.6. The summed E-state index contributed by atoms with van der Waals surface area (Å²) in [7, 11) is 3.15. The minimum Gasteiger partial charge on any atom is -0.497 e. The summed E-state index contributed by atoms with van der Waals surface area (Å²) in [5.74, 6) is 1.03. The Bertz CT molecular complexity index is 772. The predicted molar refractivity (Wildman–Crippen MR) is 97.6 cm³/mol. The van der Waals surface area contributed by atoms with Crippen LogP contribution in [0, 0.1) is 13.8 Å². The Labute approximate surface area is 147 Å². The molecule has 1 N–H and O–H groups in total. The second-order valence-corrected chi connectivity index (χ2v) is 5.46. The highest BCUT2D eigenvalue weighted by Gasteiger charge is 2.05. The lowest BCUT2D eigenvalue weighted by Gasteiger charge is -2.07. The highest BCUT2D eigenvalue weighted by Crippen LogP contribution is 2.22. The molecule has 0 saturated heterocycles. The summed E-state index contributed by atoms with van der Waals surface area (Å²) >= 11 is 0. The molecule has 0 saturated carbocycles. The number of nitrogens with one attached hydrogen (secondary N) is 1. The number of hydrogen-bond donors (Lipinski definition) is 1. The summed E-state index contributed by atoms with van der Waals surface area (Å²) in [5, 5.41) is 6.58. The van der Waals surface area contributed by atoms with E-state index in [1.165, 1.54) is 11.8 Å². The number of aryl methyl sites for hydroxylation is 2. The quantitative estimate of drug-likeness (QED) is 0.619. The zero-order valence-corrected chi connectivity index (χ0v) is 14.8. The fourth-order valence-corrected chi connectivity index (χ4v) is 2.15. The van der Waals surface area contributed by atoms with Gasteiger partial charge in [-0.1, -0.05) is 11.2 Å². The zero-order chi connectivity index (χ0) is 18.2. The summed E-state index contributed by atoms with van der Waals surface area (Å²) in [4.78, 5) is 16.9. The first-order chi connectivity index (χ1) is 12.0. The summed E-state index contributed by atoms with van der Waals surface area (Å²) in [6.45, 7) is 3.83. The second kappa shape index (κ2) is 8.73. The number of ether oxygens (including phenoxy) is 2. The molecule has 0 unspecified atom stereocenters. The molecule has 0 radical (unpaired) electrons. The Kier molecular flexibility index (Phi) is 6.39. The molecule has 0 bridgehead atoms. The molecular weight excluding hydrogens is 320 g/mol. The van der Waals surface area contributed by atoms with Crippen molar-refractivity contribution in [2.45, 2.75) is 13.8 Å². The Morgan fingerprint density at radius 2 is 1.88 bits per heavy atom. The van der Waals surface area contributed by atoms with Gasteiger partial charge in [0.25, 0.3) is 5.91 Å². The van der Waals surface area contributed by atoms with Gasteiger partial charge >= 0.3 is 0 Å². The molecule has 0 aliphatic heterocycles. The fourth-order valence-electron chi connectivity index (χ4n) is 2.15. The molecule has 6 heteroatoms. The van der Waals surface area contributed by atoms with E-state index >= 15 is 0 Å². The molecule has 0 fully saturated rings. The summed E-state index contributed by atoms with van der Waals surface area (Å²) in [5.41, 5.74) is 3.71. The van der Waals surface area contributed by atoms with Crippen molar-refractivity contribution in [1.29, 1.82) is 0 Å². The molecule has 6 nitrogen and oxygen atoms in total. The molecule has 1 amide bonds. The van der Waals surface area contributed by atoms with Gasteiger partial charge in [0.1, 0.15) is 11.5 Å². The van der Waals surface area contributed by atoms with E-state index in [0.29, 0.717) is 17.1 Å². The van der Waals surface area contributed by atoms with Crippen molar-refractivity contribution in [3.8, 4) is 11.5 Å². The Hall–Kier alpha value is -3.02. The Morgan fingerprint density at radius 1 is 1.08 bits per heavy atom. The second-order valence-electron chi connectivity index (χ2n) is 5.46. The van der Waals surface area contributed by atoms with Crippen molar-refractivity contribution in [2.75, 3.05) is 26.1 Å². The third kappa shape index (κ3) is 5.24. The van der Waals surface area contributed by atoms with E-state index < -0.39 is 0 Å². The van der Waals surface area contributed by atoms with Crippen molar-refractivity contribution in [2.24, 2.45) is 5.16 Å². The first-order valence-corrected chi connectivity index (χ1v) is 7.78. The van der Waals surface area contributed by atoms with Gasteiger partial charge in [-0.3, -0.25) is 4.79 Å². The maximum Gasteiger partial charge on any atom is 0.265 e. The van der Waals surface area contributed by atoms with E-state index in [0.717, 1.165) is 11.3 Å². The van der Waals surface area contributed by atoms with Crippen molar-refractivity contribution in [3.05, 3.63) is 53.1 Å². The van der Waals surface area contributed by atoms with Crippen LogP contribution < -0.4 is 14.8 Å². The van der Waals surface area contributed by atoms with Gasteiger partial charge in [0, 0.05) is 11.3 Å². The minimum absolute atomic E-state index is 0.185. The largest absolute Gasteiger partial charge is 0.497 e. The van der Waals surface area contributed by atoms with Gasteiger partial charge in [0.2, 0.25) is 0 Å². The van der Waals surface area contributed by atoms with Crippen LogP contribution in [0.1, 0.15) is 16.7 Å². The number of methoxy groups -OCH3 is 2. The van der Waals surface area contributed by atoms with Crippen molar-refractivity contribution in [3.63, 3.8) is 0 Å². The molecular formula is C19H22N2O4. The smallest absolute Gasteiger partial charge is 0.265 e. The van der Waals surface area contributed by atoms with Gasteiger partial charge in [-0.15, -0.1) is 0 Å². The molecule has 0 aliphatic carbocycles. The number of benzene rings is 2. The summed E-state index contributed by atoms with van der Waals surface area (Å²) in [6.07, 6.45) is 1.48. The van der Waals surface area contributed by atoms with Gasteiger partial charge in [-0.05, 0) is 55.3 Å². The monoisotopic (exact) mass is 342 g/mol. The molecule has 2 rings (SSSR count). The maximum atomic E-state index is 11.9. The third-order valence-corrected chi connectivity index (χ3v) is 3.69. The zero-order valence-electron chi connectivity index (χ0n) is 14.8. The van der Waals surface area contributed by atoms with Crippen molar-refractivity contribution < 1.29 is 19.1 Å². The van der Waals surface area contributed by atoms with Crippen molar-refractivity contribution in [1.82, 2.24) is 0 Å². The van der Waals surface area contributed by atoms with Crippen LogP contribution in [0.2, 0.25) is 0 Å². The number of carbonyl (C=O) groups is 1. The SMILES string of the molecule is COc1ccc(OC)c(/C=N\OCC(=O)Nc2ccc(C)c(C)c2)c1. The first kappa shape index (κ1) is 18.3. The highest BCUT2D eigenvalue weighted by atomic mass is 16.6. The number of carbonyl (C=O) groups excluding carboxylic acids is 1. The molecule has 2 aromatic rings. The number of amides is 1. The minimum atomic E-state index is -0.280. The highest BCUT2D eigenvalue weighted by molar-refractivity contribution is 5.92. The fraction of sp³-hybridized carbons (Fsp3) is 0.263. The van der Waals surface area contributed by atoms with E-state index in [2.05, 4.69) is 10.5 Å². The van der Waals surface area contributed by atoms with Gasteiger partial charge in [-0.25, -0.2) is 0 Å². The topological polar surface area (TPSA) is 69.1 Å². The number of oxime groups is 1. The summed E-state index contributed by atoms with van der Waals surface area (Å²) < 4.78 is 10.4. The summed E-state index contributed by atoms with van der Waals surface area (Å²) in [6, 6.07) is 11.0. The first-order valence-electron chi connectivity index (χ1n) is 7.78. The number of hydrogen-bond acceptors (Lipinski definition) is 5. The van der Waals surface area contributed by atoms with Crippen LogP contribution in [0.25, 0.3) is 0 Å². The molecule has 0 aromatic heterocycles. The molecule has 0 atom stereocenters. The van der Waals surface area contributed by atoms with E-state index in [9.17, 15) is 4.79 Å². The number of nitrogens with zero attached hydrogens (tertiary/aromatic N) is 1. The molecule has 2 aromatic carbocycles. The van der Waals surface area contributed by atoms with Crippen LogP contribution in [-0.2, 0) is 9.63 Å². The molecule has 132 valence electrons. The van der Waals surface area contributed by atoms with Gasteiger partial charge in [0.05, 0.1) is 20.4 Å². The van der Waals surface area contributed by atoms with E-state index in [1.54, 1.807) is 32.4 Å². The lowest BCUT2D eigenvalue weighted by molar-refractivity contribution is -0.120. The molecule has 0 aliphatic rings. The van der Waals surface area contributed by atoms with Gasteiger partial charge in [-0.2, -0.15) is 0 Å². The number of rotatable bonds is 7. The van der Waals surface area contributed by atoms with Gasteiger partial charge in [0.15, 0.2) is 6.61 Å². The van der Waals surface area contributed by atoms with E-state index in [4.69, 9.17) is 14.3 Å². The third-order valence-electron chi connectivity index (χ3n) is 3.69. The average Bonchev–Trinajstić information content (AvgIpc) is 2.61. The van der Waals surface area contributed by atoms with Gasteiger partial charge < -0.3 is 19.6 Å². The Morgan fingerprint density at radius 3 is 2.56 bits per heavy atom. The van der Waals surface area contributed by atoms with Crippen LogP contribution in [0.4, 0.5) is 5.69 Å². The van der Waals surface area contributed by atoms with Crippen molar-refractivity contribution >= 4 is 17.8 Å². The lowest BCUT2D eigenvalue weighted by Crippen LogP contribution is -2.17. The maximum absolute atomic E-state index is 11.9. The van der Waals surface area contributed by atoms with Crippen LogP contribution >= 0.6 is 0 Å². The van der Waals surface area contributed by atoms with Crippen LogP contribution in [0.15, 0.2) is 41.6 Å². The molecule has 0 heterocycles. The number of anilines is 1. The standard InChI is InChI=1S/C19H22N2O4/c1-13-5-6-16(9-14(13)2)21-19(22)12-25-20-11-15-10-17(23-3)7-8-18(15)24-4/h5-11H,12H2,1-4H3,(H,21,22)/b20-11-. The Balaban J connectivity index is 1.90. The average molecular weight is 342 g/mol. The predicted octanol–water partition coefficient (Wildman–Crippen LogP) is 3.31. The van der Waals surface area contributed by atoms with Crippen LogP contribution in [0.3, 0.4) is 0 Å². The van der Waals surface area contributed by atoms with Crippen LogP contribution in [0.5, 0.6) is 11.5 Å². The lowest BCUT2D eigenvalue weighted by atomic mass is 10.1. The molecule has 25 heavy (non-hydrogen) atoms. The van der Waals surface area contributed by atoms with E-state index in [1.807, 2.05) is 32.0 Å².